The van der Waals surface area contributed by atoms with Gasteiger partial charge in [-0.1, -0.05) is 30.3 Å². The molecule has 0 saturated carbocycles. The van der Waals surface area contributed by atoms with Crippen LogP contribution in [0.3, 0.4) is 0 Å². The van der Waals surface area contributed by atoms with Gasteiger partial charge in [-0.05, 0) is 12.5 Å². The number of imidazole rings is 1. The largest absolute Gasteiger partial charge is 0.364 e. The number of aromatic nitrogens is 4. The second-order valence-corrected chi connectivity index (χ2v) is 5.77. The molecule has 0 radical (unpaired) electrons. The quantitative estimate of drug-likeness (QED) is 0.804. The van der Waals surface area contributed by atoms with Crippen LogP contribution in [0.5, 0.6) is 0 Å². The van der Waals surface area contributed by atoms with Gasteiger partial charge in [-0.25, -0.2) is 4.98 Å². The zero-order valence-electron chi connectivity index (χ0n) is 12.6. The fraction of sp³-hybridized carbons (Fsp3) is 0.235. The van der Waals surface area contributed by atoms with Crippen LogP contribution in [0.4, 0.5) is 0 Å². The number of aryl methyl sites for hydroxylation is 1. The molecule has 0 bridgehead atoms. The lowest BCUT2D eigenvalue weighted by atomic mass is 10.1. The smallest absolute Gasteiger partial charge is 0.266 e. The molecule has 3 heterocycles. The summed E-state index contributed by atoms with van der Waals surface area (Å²) in [6.45, 7) is 0.859. The van der Waals surface area contributed by atoms with Crippen molar-refractivity contribution in [3.05, 3.63) is 60.3 Å². The highest BCUT2D eigenvalue weighted by Crippen LogP contribution is 2.28. The Labute approximate surface area is 133 Å². The maximum absolute atomic E-state index is 11.5. The highest BCUT2D eigenvalue weighted by atomic mass is 16.1. The van der Waals surface area contributed by atoms with Crippen LogP contribution >= 0.6 is 0 Å². The molecule has 2 N–H and O–H groups in total. The number of hydrogen-bond donors (Lipinski definition) is 1. The molecule has 1 aliphatic heterocycles. The molecule has 0 spiro atoms. The summed E-state index contributed by atoms with van der Waals surface area (Å²) in [6.07, 6.45) is 5.36. The maximum atomic E-state index is 11.5. The van der Waals surface area contributed by atoms with Gasteiger partial charge in [0.05, 0.1) is 11.7 Å². The Hall–Kier alpha value is -2.89. The van der Waals surface area contributed by atoms with Crippen LogP contribution in [0.25, 0.3) is 11.3 Å². The van der Waals surface area contributed by atoms with E-state index in [0.717, 1.165) is 36.5 Å². The summed E-state index contributed by atoms with van der Waals surface area (Å²) >= 11 is 0. The average molecular weight is 307 g/mol. The molecule has 1 aliphatic rings. The molecule has 1 atom stereocenters. The standard InChI is InChI=1S/C17H17N5O/c18-17(23)15-6-8-19-22(15)13-7-9-21-11-14(20-16(21)10-13)12-4-2-1-3-5-12/h1-6,8,11,13H,7,9-10H2,(H2,18,23). The van der Waals surface area contributed by atoms with Crippen LogP contribution in [0.2, 0.25) is 0 Å². The van der Waals surface area contributed by atoms with Crippen LogP contribution in [-0.2, 0) is 13.0 Å². The van der Waals surface area contributed by atoms with Gasteiger partial charge >= 0.3 is 0 Å². The van der Waals surface area contributed by atoms with Crippen molar-refractivity contribution in [1.29, 1.82) is 0 Å². The number of nitrogens with zero attached hydrogens (tertiary/aromatic N) is 4. The van der Waals surface area contributed by atoms with Gasteiger partial charge in [0.15, 0.2) is 0 Å². The van der Waals surface area contributed by atoms with Gasteiger partial charge in [-0.3, -0.25) is 9.48 Å². The summed E-state index contributed by atoms with van der Waals surface area (Å²) in [5.74, 6) is 0.576. The Kier molecular flexibility index (Phi) is 3.22. The topological polar surface area (TPSA) is 78.7 Å². The van der Waals surface area contributed by atoms with Gasteiger partial charge in [0.2, 0.25) is 0 Å². The Bertz CT molecular complexity index is 849. The first-order valence-electron chi connectivity index (χ1n) is 7.67. The van der Waals surface area contributed by atoms with Gasteiger partial charge in [-0.2, -0.15) is 5.10 Å². The number of rotatable bonds is 3. The Morgan fingerprint density at radius 1 is 1.22 bits per heavy atom. The molecule has 3 aromatic rings. The first-order chi connectivity index (χ1) is 11.2. The predicted molar refractivity (Wildman–Crippen MR) is 85.8 cm³/mol. The first-order valence-corrected chi connectivity index (χ1v) is 7.67. The van der Waals surface area contributed by atoms with E-state index >= 15 is 0 Å². The molecular weight excluding hydrogens is 290 g/mol. The van der Waals surface area contributed by atoms with Crippen molar-refractivity contribution in [2.24, 2.45) is 5.73 Å². The highest BCUT2D eigenvalue weighted by Gasteiger charge is 2.25. The molecule has 0 fully saturated rings. The van der Waals surface area contributed by atoms with E-state index in [9.17, 15) is 4.79 Å². The van der Waals surface area contributed by atoms with Crippen molar-refractivity contribution >= 4 is 5.91 Å². The summed E-state index contributed by atoms with van der Waals surface area (Å²) in [5, 5.41) is 4.28. The van der Waals surface area contributed by atoms with Crippen LogP contribution in [0, 0.1) is 0 Å². The predicted octanol–water partition coefficient (Wildman–Crippen LogP) is 2.03. The van der Waals surface area contributed by atoms with E-state index in [-0.39, 0.29) is 6.04 Å². The van der Waals surface area contributed by atoms with Crippen LogP contribution in [-0.4, -0.2) is 25.2 Å². The Morgan fingerprint density at radius 3 is 2.83 bits per heavy atom. The summed E-state index contributed by atoms with van der Waals surface area (Å²) in [4.78, 5) is 16.3. The minimum Gasteiger partial charge on any atom is -0.364 e. The first kappa shape index (κ1) is 13.8. The normalized spacial score (nSPS) is 17.0. The molecule has 6 nitrogen and oxygen atoms in total. The van der Waals surface area contributed by atoms with E-state index in [1.54, 1.807) is 16.9 Å². The zero-order valence-corrected chi connectivity index (χ0v) is 12.6. The molecule has 2 aromatic heterocycles. The number of nitrogens with two attached hydrogens (primary N) is 1. The second kappa shape index (κ2) is 5.39. The van der Waals surface area contributed by atoms with Gasteiger partial charge < -0.3 is 10.3 Å². The van der Waals surface area contributed by atoms with E-state index in [1.165, 1.54) is 0 Å². The fourth-order valence-corrected chi connectivity index (χ4v) is 3.17. The third-order valence-electron chi connectivity index (χ3n) is 4.32. The number of benzene rings is 1. The van der Waals surface area contributed by atoms with Crippen LogP contribution in [0.15, 0.2) is 48.8 Å². The third-order valence-corrected chi connectivity index (χ3v) is 4.32. The third kappa shape index (κ3) is 2.42. The van der Waals surface area contributed by atoms with Crippen molar-refractivity contribution in [3.63, 3.8) is 0 Å². The van der Waals surface area contributed by atoms with Gasteiger partial charge in [0.1, 0.15) is 11.5 Å². The number of carbonyl (C=O) groups excluding carboxylic acids is 1. The summed E-state index contributed by atoms with van der Waals surface area (Å²) in [6, 6.07) is 11.9. The molecule has 1 amide bonds. The lowest BCUT2D eigenvalue weighted by molar-refractivity contribution is 0.0986. The number of hydrogen-bond acceptors (Lipinski definition) is 3. The number of fused-ring (bicyclic) bond motifs is 1. The van der Waals surface area contributed by atoms with E-state index < -0.39 is 5.91 Å². The lowest BCUT2D eigenvalue weighted by Gasteiger charge is -2.24. The minimum absolute atomic E-state index is 0.117. The number of primary amides is 1. The Balaban J connectivity index is 1.64. The minimum atomic E-state index is -0.443. The van der Waals surface area contributed by atoms with Crippen molar-refractivity contribution in [1.82, 2.24) is 19.3 Å². The van der Waals surface area contributed by atoms with E-state index in [2.05, 4.69) is 28.0 Å². The van der Waals surface area contributed by atoms with Crippen LogP contribution < -0.4 is 5.73 Å². The van der Waals surface area contributed by atoms with E-state index in [0.29, 0.717) is 5.69 Å². The zero-order chi connectivity index (χ0) is 15.8. The molecule has 1 unspecified atom stereocenters. The van der Waals surface area contributed by atoms with Gasteiger partial charge in [0.25, 0.3) is 5.91 Å². The van der Waals surface area contributed by atoms with Crippen molar-refractivity contribution in [3.8, 4) is 11.3 Å². The number of amides is 1. The molecule has 6 heteroatoms. The van der Waals surface area contributed by atoms with Crippen LogP contribution in [0.1, 0.15) is 28.8 Å². The van der Waals surface area contributed by atoms with Crippen molar-refractivity contribution < 1.29 is 4.79 Å². The highest BCUT2D eigenvalue weighted by molar-refractivity contribution is 5.90. The summed E-state index contributed by atoms with van der Waals surface area (Å²) < 4.78 is 3.93. The molecule has 0 aliphatic carbocycles. The fourth-order valence-electron chi connectivity index (χ4n) is 3.17. The number of carbonyl (C=O) groups is 1. The van der Waals surface area contributed by atoms with Gasteiger partial charge in [0, 0.05) is 30.9 Å². The molecule has 4 rings (SSSR count). The summed E-state index contributed by atoms with van der Waals surface area (Å²) in [5.41, 5.74) is 7.97. The molecular formula is C17H17N5O. The molecule has 0 saturated heterocycles. The molecule has 116 valence electrons. The maximum Gasteiger partial charge on any atom is 0.266 e. The second-order valence-electron chi connectivity index (χ2n) is 5.77. The SMILES string of the molecule is NC(=O)c1ccnn1C1CCn2cc(-c3ccccc3)nc2C1. The van der Waals surface area contributed by atoms with Crippen molar-refractivity contribution in [2.75, 3.05) is 0 Å². The average Bonchev–Trinajstić information content (AvgIpc) is 3.21. The monoisotopic (exact) mass is 307 g/mol. The Morgan fingerprint density at radius 2 is 2.04 bits per heavy atom. The summed E-state index contributed by atoms with van der Waals surface area (Å²) in [7, 11) is 0. The van der Waals surface area contributed by atoms with E-state index in [4.69, 9.17) is 10.7 Å². The lowest BCUT2D eigenvalue weighted by Crippen LogP contribution is -2.27. The van der Waals surface area contributed by atoms with E-state index in [1.807, 2.05) is 18.2 Å². The van der Waals surface area contributed by atoms with Crippen molar-refractivity contribution in [2.45, 2.75) is 25.4 Å². The van der Waals surface area contributed by atoms with Gasteiger partial charge in [-0.15, -0.1) is 0 Å². The molecule has 23 heavy (non-hydrogen) atoms. The molecule has 1 aromatic carbocycles.